The lowest BCUT2D eigenvalue weighted by Gasteiger charge is -2.20. The van der Waals surface area contributed by atoms with Crippen molar-refractivity contribution in [2.45, 2.75) is 18.7 Å². The fourth-order valence-electron chi connectivity index (χ4n) is 3.11. The fourth-order valence-corrected chi connectivity index (χ4v) is 4.85. The van der Waals surface area contributed by atoms with Gasteiger partial charge in [0.15, 0.2) is 0 Å². The van der Waals surface area contributed by atoms with Crippen molar-refractivity contribution in [2.24, 2.45) is 5.10 Å². The average Bonchev–Trinajstić information content (AvgIpc) is 2.81. The summed E-state index contributed by atoms with van der Waals surface area (Å²) in [4.78, 5) is 10.3. The van der Waals surface area contributed by atoms with E-state index in [4.69, 9.17) is 16.3 Å². The van der Waals surface area contributed by atoms with E-state index in [1.54, 1.807) is 62.4 Å². The first-order valence-electron chi connectivity index (χ1n) is 10.4. The molecule has 34 heavy (non-hydrogen) atoms. The van der Waals surface area contributed by atoms with Crippen LogP contribution in [0.4, 0.5) is 11.4 Å². The van der Waals surface area contributed by atoms with Gasteiger partial charge in [0.25, 0.3) is 5.69 Å². The summed E-state index contributed by atoms with van der Waals surface area (Å²) in [6, 6.07) is 17.6. The van der Waals surface area contributed by atoms with E-state index in [-0.39, 0.29) is 29.4 Å². The summed E-state index contributed by atoms with van der Waals surface area (Å²) >= 11 is 5.89. The van der Waals surface area contributed by atoms with Gasteiger partial charge in [-0.2, -0.15) is 9.41 Å². The number of hydrazone groups is 1. The molecule has 0 amide bonds. The summed E-state index contributed by atoms with van der Waals surface area (Å²) in [7, 11) is -3.96. The smallest absolute Gasteiger partial charge is 0.270 e. The van der Waals surface area contributed by atoms with Gasteiger partial charge < -0.3 is 4.74 Å². The molecule has 0 atom stereocenters. The number of benzene rings is 3. The van der Waals surface area contributed by atoms with Crippen molar-refractivity contribution in [2.75, 3.05) is 18.5 Å². The van der Waals surface area contributed by atoms with E-state index in [1.165, 1.54) is 22.7 Å². The van der Waals surface area contributed by atoms with Crippen LogP contribution in [0.3, 0.4) is 0 Å². The van der Waals surface area contributed by atoms with E-state index in [0.29, 0.717) is 22.1 Å². The summed E-state index contributed by atoms with van der Waals surface area (Å²) < 4.78 is 33.1. The summed E-state index contributed by atoms with van der Waals surface area (Å²) in [6.07, 6.45) is 1.49. The molecule has 3 rings (SSSR count). The predicted molar refractivity (Wildman–Crippen MR) is 132 cm³/mol. The number of non-ortho nitro benzene ring substituents is 1. The van der Waals surface area contributed by atoms with E-state index in [0.717, 1.165) is 6.07 Å². The second-order valence-corrected chi connectivity index (χ2v) is 9.37. The molecule has 0 heterocycles. The van der Waals surface area contributed by atoms with Crippen LogP contribution in [0, 0.1) is 10.1 Å². The molecule has 11 heteroatoms. The molecule has 3 aromatic rings. The number of rotatable bonds is 10. The standard InChI is InChI=1S/C23H23ClN4O5S/c1-3-27(4-2)34(31,32)23-15-19(28(29)30)10-13-22(23)26-25-16-17-6-5-7-21(14-17)33-20-11-8-18(24)9-12-20/h5-16,26H,3-4H2,1-2H3/b25-16+. The third-order valence-corrected chi connectivity index (χ3v) is 7.15. The van der Waals surface area contributed by atoms with Crippen molar-refractivity contribution >= 4 is 39.2 Å². The zero-order valence-corrected chi connectivity index (χ0v) is 20.1. The molecule has 9 nitrogen and oxygen atoms in total. The third-order valence-electron chi connectivity index (χ3n) is 4.81. The molecule has 0 unspecified atom stereocenters. The third kappa shape index (κ3) is 6.10. The second kappa shape index (κ2) is 11.1. The van der Waals surface area contributed by atoms with Crippen LogP contribution in [0.1, 0.15) is 19.4 Å². The lowest BCUT2D eigenvalue weighted by Crippen LogP contribution is -2.31. The SMILES string of the molecule is CCN(CC)S(=O)(=O)c1cc([N+](=O)[O-])ccc1N/N=C/c1cccc(Oc2ccc(Cl)cc2)c1. The van der Waals surface area contributed by atoms with Crippen LogP contribution in [0.2, 0.25) is 5.02 Å². The predicted octanol–water partition coefficient (Wildman–Crippen LogP) is 5.52. The topological polar surface area (TPSA) is 114 Å². The first-order valence-corrected chi connectivity index (χ1v) is 12.2. The van der Waals surface area contributed by atoms with Crippen LogP contribution >= 0.6 is 11.6 Å². The Morgan fingerprint density at radius 2 is 1.76 bits per heavy atom. The minimum Gasteiger partial charge on any atom is -0.457 e. The summed E-state index contributed by atoms with van der Waals surface area (Å²) in [6.45, 7) is 3.85. The number of nitrogens with zero attached hydrogens (tertiary/aromatic N) is 3. The summed E-state index contributed by atoms with van der Waals surface area (Å²) in [5, 5.41) is 15.9. The number of nitro groups is 1. The number of halogens is 1. The summed E-state index contributed by atoms with van der Waals surface area (Å²) in [5.74, 6) is 1.19. The number of hydrogen-bond acceptors (Lipinski definition) is 7. The minimum absolute atomic E-state index is 0.127. The Labute approximate surface area is 202 Å². The number of nitro benzene ring substituents is 1. The normalized spacial score (nSPS) is 11.6. The molecule has 0 aliphatic heterocycles. The molecule has 0 aromatic heterocycles. The Morgan fingerprint density at radius 3 is 2.41 bits per heavy atom. The number of hydrogen-bond donors (Lipinski definition) is 1. The van der Waals surface area contributed by atoms with Gasteiger partial charge in [-0.25, -0.2) is 8.42 Å². The van der Waals surface area contributed by atoms with E-state index in [9.17, 15) is 18.5 Å². The van der Waals surface area contributed by atoms with Gasteiger partial charge in [-0.15, -0.1) is 0 Å². The maximum atomic E-state index is 13.0. The van der Waals surface area contributed by atoms with Crippen LogP contribution in [0.25, 0.3) is 0 Å². The molecule has 0 saturated heterocycles. The Morgan fingerprint density at radius 1 is 1.06 bits per heavy atom. The highest BCUT2D eigenvalue weighted by Crippen LogP contribution is 2.29. The van der Waals surface area contributed by atoms with Gasteiger partial charge in [-0.1, -0.05) is 37.6 Å². The monoisotopic (exact) mass is 502 g/mol. The van der Waals surface area contributed by atoms with Gasteiger partial charge in [0, 0.05) is 30.2 Å². The van der Waals surface area contributed by atoms with Crippen molar-refractivity contribution in [1.82, 2.24) is 4.31 Å². The largest absolute Gasteiger partial charge is 0.457 e. The van der Waals surface area contributed by atoms with E-state index >= 15 is 0 Å². The Bertz CT molecular complexity index is 1290. The number of ether oxygens (including phenoxy) is 1. The first-order chi connectivity index (χ1) is 16.2. The number of anilines is 1. The van der Waals surface area contributed by atoms with Crippen LogP contribution < -0.4 is 10.2 Å². The average molecular weight is 503 g/mol. The Hall–Kier alpha value is -3.47. The van der Waals surface area contributed by atoms with Crippen molar-refractivity contribution < 1.29 is 18.1 Å². The maximum absolute atomic E-state index is 13.0. The van der Waals surface area contributed by atoms with Crippen molar-refractivity contribution in [3.05, 3.63) is 87.4 Å². The molecule has 0 saturated carbocycles. The zero-order chi connectivity index (χ0) is 24.7. The van der Waals surface area contributed by atoms with Gasteiger partial charge in [0.2, 0.25) is 10.0 Å². The van der Waals surface area contributed by atoms with Gasteiger partial charge in [0.05, 0.1) is 16.8 Å². The molecule has 0 fully saturated rings. The molecule has 0 aliphatic rings. The second-order valence-electron chi connectivity index (χ2n) is 7.03. The highest BCUT2D eigenvalue weighted by Gasteiger charge is 2.27. The molecular formula is C23H23ClN4O5S. The van der Waals surface area contributed by atoms with Gasteiger partial charge >= 0.3 is 0 Å². The number of nitrogens with one attached hydrogen (secondary N) is 1. The zero-order valence-electron chi connectivity index (χ0n) is 18.5. The van der Waals surface area contributed by atoms with Gasteiger partial charge in [0.1, 0.15) is 16.4 Å². The fraction of sp³-hybridized carbons (Fsp3) is 0.174. The molecule has 0 aliphatic carbocycles. The highest BCUT2D eigenvalue weighted by atomic mass is 35.5. The van der Waals surface area contributed by atoms with Crippen LogP contribution in [-0.4, -0.2) is 37.0 Å². The Kier molecular flexibility index (Phi) is 8.21. The molecule has 3 aromatic carbocycles. The van der Waals surface area contributed by atoms with E-state index in [1.807, 2.05) is 0 Å². The molecule has 178 valence electrons. The van der Waals surface area contributed by atoms with E-state index in [2.05, 4.69) is 10.5 Å². The molecule has 0 spiro atoms. The highest BCUT2D eigenvalue weighted by molar-refractivity contribution is 7.89. The van der Waals surface area contributed by atoms with Crippen molar-refractivity contribution in [3.8, 4) is 11.5 Å². The lowest BCUT2D eigenvalue weighted by atomic mass is 10.2. The maximum Gasteiger partial charge on any atom is 0.270 e. The van der Waals surface area contributed by atoms with E-state index < -0.39 is 14.9 Å². The van der Waals surface area contributed by atoms with Gasteiger partial charge in [-0.05, 0) is 48.0 Å². The van der Waals surface area contributed by atoms with Gasteiger partial charge in [-0.3, -0.25) is 15.5 Å². The lowest BCUT2D eigenvalue weighted by molar-refractivity contribution is -0.385. The van der Waals surface area contributed by atoms with Crippen molar-refractivity contribution in [1.29, 1.82) is 0 Å². The number of sulfonamides is 1. The molecule has 0 radical (unpaired) electrons. The molecule has 0 bridgehead atoms. The summed E-state index contributed by atoms with van der Waals surface area (Å²) in [5.41, 5.74) is 3.19. The van der Waals surface area contributed by atoms with Crippen molar-refractivity contribution in [3.63, 3.8) is 0 Å². The Balaban J connectivity index is 1.84. The molecular weight excluding hydrogens is 480 g/mol. The van der Waals surface area contributed by atoms with Crippen LogP contribution in [-0.2, 0) is 10.0 Å². The van der Waals surface area contributed by atoms with Crippen LogP contribution in [0.5, 0.6) is 11.5 Å². The van der Waals surface area contributed by atoms with Crippen LogP contribution in [0.15, 0.2) is 76.7 Å². The molecule has 1 N–H and O–H groups in total. The quantitative estimate of drug-likeness (QED) is 0.222. The first kappa shape index (κ1) is 25.2. The minimum atomic E-state index is -3.96.